The van der Waals surface area contributed by atoms with Crippen molar-refractivity contribution in [3.63, 3.8) is 0 Å². The van der Waals surface area contributed by atoms with Gasteiger partial charge in [0.25, 0.3) is 0 Å². The van der Waals surface area contributed by atoms with Crippen LogP contribution in [0.3, 0.4) is 0 Å². The van der Waals surface area contributed by atoms with E-state index in [1.165, 1.54) is 0 Å². The third kappa shape index (κ3) is 3.66. The molecule has 1 aliphatic heterocycles. The van der Waals surface area contributed by atoms with Crippen LogP contribution in [-0.2, 0) is 22.5 Å². The number of ether oxygens (including phenoxy) is 1. The van der Waals surface area contributed by atoms with E-state index in [9.17, 15) is 4.79 Å². The third-order valence-corrected chi connectivity index (χ3v) is 4.24. The fourth-order valence-electron chi connectivity index (χ4n) is 2.94. The number of hydrogen-bond donors (Lipinski definition) is 0. The van der Waals surface area contributed by atoms with Gasteiger partial charge in [0.2, 0.25) is 5.91 Å². The molecule has 2 heterocycles. The van der Waals surface area contributed by atoms with Crippen molar-refractivity contribution in [2.45, 2.75) is 52.6 Å². The Kier molecular flexibility index (Phi) is 5.56. The van der Waals surface area contributed by atoms with Gasteiger partial charge >= 0.3 is 0 Å². The number of hydrogen-bond acceptors (Lipinski definition) is 4. The van der Waals surface area contributed by atoms with Crippen molar-refractivity contribution in [2.24, 2.45) is 0 Å². The predicted molar refractivity (Wildman–Crippen MR) is 82.2 cm³/mol. The number of aromatic nitrogens is 2. The number of morpholine rings is 1. The second-order valence-corrected chi connectivity index (χ2v) is 5.79. The van der Waals surface area contributed by atoms with Crippen molar-refractivity contribution in [3.8, 4) is 6.07 Å². The first-order valence-corrected chi connectivity index (χ1v) is 7.81. The maximum absolute atomic E-state index is 12.4. The monoisotopic (exact) mass is 304 g/mol. The Morgan fingerprint density at radius 2 is 2.27 bits per heavy atom. The van der Waals surface area contributed by atoms with E-state index in [-0.39, 0.29) is 11.9 Å². The number of carbonyl (C=O) groups is 1. The van der Waals surface area contributed by atoms with Gasteiger partial charge in [0, 0.05) is 18.7 Å². The van der Waals surface area contributed by atoms with Crippen molar-refractivity contribution < 1.29 is 9.53 Å². The number of nitriles is 1. The normalized spacial score (nSPS) is 18.3. The van der Waals surface area contributed by atoms with Gasteiger partial charge in [-0.15, -0.1) is 0 Å². The van der Waals surface area contributed by atoms with Gasteiger partial charge < -0.3 is 9.64 Å². The number of amides is 1. The maximum atomic E-state index is 12.4. The standard InChI is InChI=1S/C16H24N4O2/c1-12-11-22-10-9-19(12)16(21)6-5-15-13(2)18-20(14(15)3)8-4-7-17/h12H,4-6,8-11H2,1-3H3. The molecule has 0 spiro atoms. The summed E-state index contributed by atoms with van der Waals surface area (Å²) in [5.74, 6) is 0.180. The molecule has 0 bridgehead atoms. The van der Waals surface area contributed by atoms with Crippen LogP contribution in [0.4, 0.5) is 0 Å². The molecule has 0 saturated carbocycles. The smallest absolute Gasteiger partial charge is 0.223 e. The summed E-state index contributed by atoms with van der Waals surface area (Å²) < 4.78 is 7.24. The molecule has 1 amide bonds. The topological polar surface area (TPSA) is 71.2 Å². The van der Waals surface area contributed by atoms with Crippen LogP contribution in [-0.4, -0.2) is 46.4 Å². The minimum atomic E-state index is 0.154. The highest BCUT2D eigenvalue weighted by molar-refractivity contribution is 5.77. The molecule has 2 rings (SSSR count). The molecule has 6 nitrogen and oxygen atoms in total. The van der Waals surface area contributed by atoms with Crippen molar-refractivity contribution >= 4 is 5.91 Å². The van der Waals surface area contributed by atoms with Crippen LogP contribution in [0.25, 0.3) is 0 Å². The maximum Gasteiger partial charge on any atom is 0.223 e. The second kappa shape index (κ2) is 7.41. The Hall–Kier alpha value is -1.87. The fraction of sp³-hybridized carbons (Fsp3) is 0.688. The molecule has 22 heavy (non-hydrogen) atoms. The van der Waals surface area contributed by atoms with Crippen LogP contribution < -0.4 is 0 Å². The first-order valence-electron chi connectivity index (χ1n) is 7.81. The third-order valence-electron chi connectivity index (χ3n) is 4.24. The van der Waals surface area contributed by atoms with Gasteiger partial charge in [0.05, 0.1) is 44.0 Å². The molecule has 1 aromatic heterocycles. The lowest BCUT2D eigenvalue weighted by molar-refractivity contribution is -0.139. The largest absolute Gasteiger partial charge is 0.377 e. The average Bonchev–Trinajstić information content (AvgIpc) is 2.77. The molecular weight excluding hydrogens is 280 g/mol. The van der Waals surface area contributed by atoms with E-state index in [2.05, 4.69) is 11.2 Å². The summed E-state index contributed by atoms with van der Waals surface area (Å²) in [6, 6.07) is 2.29. The van der Waals surface area contributed by atoms with E-state index in [4.69, 9.17) is 10.00 Å². The fourth-order valence-corrected chi connectivity index (χ4v) is 2.94. The van der Waals surface area contributed by atoms with Gasteiger partial charge in [-0.3, -0.25) is 9.48 Å². The summed E-state index contributed by atoms with van der Waals surface area (Å²) in [5.41, 5.74) is 3.15. The molecule has 1 fully saturated rings. The zero-order valence-electron chi connectivity index (χ0n) is 13.6. The summed E-state index contributed by atoms with van der Waals surface area (Å²) >= 11 is 0. The van der Waals surface area contributed by atoms with Crippen molar-refractivity contribution in [3.05, 3.63) is 17.0 Å². The van der Waals surface area contributed by atoms with Crippen molar-refractivity contribution in [1.82, 2.24) is 14.7 Å². The zero-order valence-corrected chi connectivity index (χ0v) is 13.6. The van der Waals surface area contributed by atoms with E-state index < -0.39 is 0 Å². The lowest BCUT2D eigenvalue weighted by Crippen LogP contribution is -2.47. The molecule has 0 aromatic carbocycles. The molecule has 120 valence electrons. The van der Waals surface area contributed by atoms with Crippen LogP contribution in [0, 0.1) is 25.2 Å². The minimum absolute atomic E-state index is 0.154. The van der Waals surface area contributed by atoms with Crippen LogP contribution in [0.1, 0.15) is 36.7 Å². The Morgan fingerprint density at radius 3 is 2.95 bits per heavy atom. The Bertz CT molecular complexity index is 573. The van der Waals surface area contributed by atoms with E-state index in [0.29, 0.717) is 45.6 Å². The second-order valence-electron chi connectivity index (χ2n) is 5.79. The zero-order chi connectivity index (χ0) is 16.1. The number of rotatable bonds is 5. The lowest BCUT2D eigenvalue weighted by atomic mass is 10.1. The molecule has 1 aromatic rings. The van der Waals surface area contributed by atoms with E-state index in [0.717, 1.165) is 17.0 Å². The van der Waals surface area contributed by atoms with Gasteiger partial charge in [0.15, 0.2) is 0 Å². The highest BCUT2D eigenvalue weighted by Gasteiger charge is 2.24. The molecule has 0 radical (unpaired) electrons. The molecule has 0 aliphatic carbocycles. The molecular formula is C16H24N4O2. The average molecular weight is 304 g/mol. The van der Waals surface area contributed by atoms with Crippen molar-refractivity contribution in [1.29, 1.82) is 5.26 Å². The highest BCUT2D eigenvalue weighted by atomic mass is 16.5. The van der Waals surface area contributed by atoms with Gasteiger partial charge in [0.1, 0.15) is 0 Å². The van der Waals surface area contributed by atoms with E-state index in [1.807, 2.05) is 30.4 Å². The van der Waals surface area contributed by atoms with Gasteiger partial charge in [-0.1, -0.05) is 0 Å². The molecule has 1 unspecified atom stereocenters. The highest BCUT2D eigenvalue weighted by Crippen LogP contribution is 2.17. The summed E-state index contributed by atoms with van der Waals surface area (Å²) in [6.07, 6.45) is 1.65. The van der Waals surface area contributed by atoms with E-state index >= 15 is 0 Å². The Labute approximate surface area is 131 Å². The number of nitrogens with zero attached hydrogens (tertiary/aromatic N) is 4. The van der Waals surface area contributed by atoms with Crippen LogP contribution in [0.5, 0.6) is 0 Å². The van der Waals surface area contributed by atoms with Gasteiger partial charge in [-0.05, 0) is 32.8 Å². The summed E-state index contributed by atoms with van der Waals surface area (Å²) in [5, 5.41) is 13.2. The van der Waals surface area contributed by atoms with Crippen LogP contribution in [0.15, 0.2) is 0 Å². The lowest BCUT2D eigenvalue weighted by Gasteiger charge is -2.33. The van der Waals surface area contributed by atoms with Crippen LogP contribution >= 0.6 is 0 Å². The summed E-state index contributed by atoms with van der Waals surface area (Å²) in [6.45, 7) is 8.53. The molecule has 0 N–H and O–H groups in total. The number of carbonyl (C=O) groups excluding carboxylic acids is 1. The minimum Gasteiger partial charge on any atom is -0.377 e. The van der Waals surface area contributed by atoms with E-state index in [1.54, 1.807) is 0 Å². The van der Waals surface area contributed by atoms with Crippen LogP contribution in [0.2, 0.25) is 0 Å². The Balaban J connectivity index is 1.97. The first-order chi connectivity index (χ1) is 10.5. The first kappa shape index (κ1) is 16.5. The van der Waals surface area contributed by atoms with Crippen molar-refractivity contribution in [2.75, 3.05) is 19.8 Å². The van der Waals surface area contributed by atoms with Gasteiger partial charge in [-0.25, -0.2) is 0 Å². The SMILES string of the molecule is Cc1nn(CCC#N)c(C)c1CCC(=O)N1CCOCC1C. The molecule has 1 saturated heterocycles. The molecule has 1 atom stereocenters. The van der Waals surface area contributed by atoms with Gasteiger partial charge in [-0.2, -0.15) is 10.4 Å². The number of aryl methyl sites for hydroxylation is 2. The Morgan fingerprint density at radius 1 is 1.50 bits per heavy atom. The summed E-state index contributed by atoms with van der Waals surface area (Å²) in [7, 11) is 0. The predicted octanol–water partition coefficient (Wildman–Crippen LogP) is 1.59. The molecule has 6 heteroatoms. The quantitative estimate of drug-likeness (QED) is 0.828. The summed E-state index contributed by atoms with van der Waals surface area (Å²) in [4.78, 5) is 14.3. The molecule has 1 aliphatic rings.